The first kappa shape index (κ1) is 17.0. The van der Waals surface area contributed by atoms with E-state index in [1.807, 2.05) is 30.3 Å². The van der Waals surface area contributed by atoms with E-state index in [0.29, 0.717) is 12.5 Å². The summed E-state index contributed by atoms with van der Waals surface area (Å²) in [5.41, 5.74) is 2.14. The Morgan fingerprint density at radius 3 is 2.74 bits per heavy atom. The van der Waals surface area contributed by atoms with E-state index in [1.165, 1.54) is 11.8 Å². The minimum absolute atomic E-state index is 0.0518. The summed E-state index contributed by atoms with van der Waals surface area (Å²) in [6.45, 7) is 5.46. The van der Waals surface area contributed by atoms with Crippen LogP contribution in [0.4, 0.5) is 5.69 Å². The molecule has 5 heteroatoms. The van der Waals surface area contributed by atoms with Crippen LogP contribution in [0.1, 0.15) is 38.2 Å². The van der Waals surface area contributed by atoms with Crippen LogP contribution in [0.15, 0.2) is 36.0 Å². The third kappa shape index (κ3) is 5.11. The fraction of sp³-hybridized carbons (Fsp3) is 0.444. The fourth-order valence-corrected chi connectivity index (χ4v) is 2.38. The number of carbonyl (C=O) groups excluding carboxylic acids is 1. The van der Waals surface area contributed by atoms with E-state index in [9.17, 15) is 4.79 Å². The highest BCUT2D eigenvalue weighted by Gasteiger charge is 2.17. The highest BCUT2D eigenvalue weighted by molar-refractivity contribution is 5.97. The van der Waals surface area contributed by atoms with Crippen LogP contribution in [0, 0.1) is 11.3 Å². The molecule has 1 saturated heterocycles. The third-order valence-electron chi connectivity index (χ3n) is 3.84. The number of nitriles is 1. The van der Waals surface area contributed by atoms with Gasteiger partial charge in [-0.2, -0.15) is 5.26 Å². The standard InChI is InChI=1S/C18H23N3O2/c1-13(2)14-5-7-16(8-6-14)20-11-15(10-19)18(22)21-12-17-4-3-9-23-17/h5-8,11,13,17,20H,3-4,9,12H2,1-2H3,(H,21,22)/b15-11-. The zero-order chi connectivity index (χ0) is 16.7. The second-order valence-corrected chi connectivity index (χ2v) is 5.94. The van der Waals surface area contributed by atoms with Crippen molar-refractivity contribution in [2.24, 2.45) is 0 Å². The molecule has 1 unspecified atom stereocenters. The molecule has 0 aliphatic carbocycles. The molecule has 0 aromatic heterocycles. The van der Waals surface area contributed by atoms with Crippen LogP contribution in [-0.4, -0.2) is 25.2 Å². The SMILES string of the molecule is CC(C)c1ccc(N/C=C(/C#N)C(=O)NCC2CCCO2)cc1. The van der Waals surface area contributed by atoms with Gasteiger partial charge in [-0.05, 0) is 36.5 Å². The second-order valence-electron chi connectivity index (χ2n) is 5.94. The molecule has 0 bridgehead atoms. The van der Waals surface area contributed by atoms with Gasteiger partial charge in [-0.3, -0.25) is 4.79 Å². The Morgan fingerprint density at radius 1 is 1.43 bits per heavy atom. The van der Waals surface area contributed by atoms with Gasteiger partial charge < -0.3 is 15.4 Å². The third-order valence-corrected chi connectivity index (χ3v) is 3.84. The Balaban J connectivity index is 1.89. The first-order valence-electron chi connectivity index (χ1n) is 7.96. The molecule has 1 heterocycles. The zero-order valence-electron chi connectivity index (χ0n) is 13.6. The van der Waals surface area contributed by atoms with Crippen molar-refractivity contribution in [2.75, 3.05) is 18.5 Å². The molecule has 1 aromatic rings. The number of ether oxygens (including phenoxy) is 1. The number of nitrogens with zero attached hydrogens (tertiary/aromatic N) is 1. The normalized spacial score (nSPS) is 17.8. The highest BCUT2D eigenvalue weighted by atomic mass is 16.5. The maximum absolute atomic E-state index is 12.0. The van der Waals surface area contributed by atoms with E-state index >= 15 is 0 Å². The molecule has 1 fully saturated rings. The number of benzene rings is 1. The fourth-order valence-electron chi connectivity index (χ4n) is 2.38. The van der Waals surface area contributed by atoms with Crippen molar-refractivity contribution in [1.82, 2.24) is 5.32 Å². The molecule has 1 aromatic carbocycles. The zero-order valence-corrected chi connectivity index (χ0v) is 13.6. The summed E-state index contributed by atoms with van der Waals surface area (Å²) in [7, 11) is 0. The highest BCUT2D eigenvalue weighted by Crippen LogP contribution is 2.17. The Bertz CT molecular complexity index is 594. The summed E-state index contributed by atoms with van der Waals surface area (Å²) in [5.74, 6) is 0.0900. The van der Waals surface area contributed by atoms with Crippen LogP contribution >= 0.6 is 0 Å². The Morgan fingerprint density at radius 2 is 2.17 bits per heavy atom. The maximum Gasteiger partial charge on any atom is 0.263 e. The molecular weight excluding hydrogens is 290 g/mol. The van der Waals surface area contributed by atoms with Gasteiger partial charge >= 0.3 is 0 Å². The number of amides is 1. The van der Waals surface area contributed by atoms with Crippen LogP contribution in [0.25, 0.3) is 0 Å². The molecule has 0 radical (unpaired) electrons. The molecule has 1 aliphatic heterocycles. The lowest BCUT2D eigenvalue weighted by molar-refractivity contribution is -0.117. The van der Waals surface area contributed by atoms with Gasteiger partial charge in [0.25, 0.3) is 5.91 Å². The smallest absolute Gasteiger partial charge is 0.263 e. The monoisotopic (exact) mass is 313 g/mol. The molecule has 5 nitrogen and oxygen atoms in total. The first-order chi connectivity index (χ1) is 11.1. The van der Waals surface area contributed by atoms with E-state index in [1.54, 1.807) is 0 Å². The van der Waals surface area contributed by atoms with Crippen molar-refractivity contribution in [2.45, 2.75) is 38.7 Å². The van der Waals surface area contributed by atoms with E-state index in [4.69, 9.17) is 10.00 Å². The Labute approximate surface area is 137 Å². The van der Waals surface area contributed by atoms with E-state index in [2.05, 4.69) is 24.5 Å². The Hall–Kier alpha value is -2.32. The van der Waals surface area contributed by atoms with Crippen molar-refractivity contribution in [3.63, 3.8) is 0 Å². The molecule has 23 heavy (non-hydrogen) atoms. The molecule has 2 N–H and O–H groups in total. The summed E-state index contributed by atoms with van der Waals surface area (Å²) in [4.78, 5) is 12.0. The summed E-state index contributed by atoms with van der Waals surface area (Å²) >= 11 is 0. The van der Waals surface area contributed by atoms with Gasteiger partial charge in [-0.25, -0.2) is 0 Å². The number of anilines is 1. The lowest BCUT2D eigenvalue weighted by Crippen LogP contribution is -2.32. The Kier molecular flexibility index (Phi) is 6.19. The van der Waals surface area contributed by atoms with Crippen LogP contribution < -0.4 is 10.6 Å². The van der Waals surface area contributed by atoms with Crippen molar-refractivity contribution in [3.8, 4) is 6.07 Å². The number of hydrogen-bond donors (Lipinski definition) is 2. The largest absolute Gasteiger partial charge is 0.376 e. The average Bonchev–Trinajstić information content (AvgIpc) is 3.07. The number of hydrogen-bond acceptors (Lipinski definition) is 4. The topological polar surface area (TPSA) is 74.2 Å². The average molecular weight is 313 g/mol. The summed E-state index contributed by atoms with van der Waals surface area (Å²) in [6, 6.07) is 9.86. The number of nitrogens with one attached hydrogen (secondary N) is 2. The van der Waals surface area contributed by atoms with E-state index in [0.717, 1.165) is 25.1 Å². The summed E-state index contributed by atoms with van der Waals surface area (Å²) in [6.07, 6.45) is 3.48. The molecule has 1 atom stereocenters. The van der Waals surface area contributed by atoms with Gasteiger partial charge in [-0.1, -0.05) is 26.0 Å². The van der Waals surface area contributed by atoms with Crippen molar-refractivity contribution in [3.05, 3.63) is 41.6 Å². The van der Waals surface area contributed by atoms with Gasteiger partial charge in [0.1, 0.15) is 11.6 Å². The van der Waals surface area contributed by atoms with Crippen LogP contribution in [0.3, 0.4) is 0 Å². The summed E-state index contributed by atoms with van der Waals surface area (Å²) < 4.78 is 5.44. The van der Waals surface area contributed by atoms with Crippen LogP contribution in [-0.2, 0) is 9.53 Å². The van der Waals surface area contributed by atoms with Gasteiger partial charge in [0.2, 0.25) is 0 Å². The van der Waals surface area contributed by atoms with E-state index in [-0.39, 0.29) is 17.6 Å². The molecule has 122 valence electrons. The van der Waals surface area contributed by atoms with E-state index < -0.39 is 0 Å². The molecule has 0 spiro atoms. The van der Waals surface area contributed by atoms with Crippen LogP contribution in [0.5, 0.6) is 0 Å². The predicted octanol–water partition coefficient (Wildman–Crippen LogP) is 2.92. The predicted molar refractivity (Wildman–Crippen MR) is 89.8 cm³/mol. The van der Waals surface area contributed by atoms with Gasteiger partial charge in [-0.15, -0.1) is 0 Å². The van der Waals surface area contributed by atoms with Crippen molar-refractivity contribution >= 4 is 11.6 Å². The quantitative estimate of drug-likeness (QED) is 0.625. The lowest BCUT2D eigenvalue weighted by Gasteiger charge is -2.10. The van der Waals surface area contributed by atoms with Crippen molar-refractivity contribution in [1.29, 1.82) is 5.26 Å². The first-order valence-corrected chi connectivity index (χ1v) is 7.96. The number of carbonyl (C=O) groups is 1. The number of rotatable bonds is 6. The lowest BCUT2D eigenvalue weighted by atomic mass is 10.0. The van der Waals surface area contributed by atoms with Gasteiger partial charge in [0.15, 0.2) is 0 Å². The van der Waals surface area contributed by atoms with Crippen molar-refractivity contribution < 1.29 is 9.53 Å². The molecule has 1 aliphatic rings. The molecule has 2 rings (SSSR count). The molecule has 0 saturated carbocycles. The maximum atomic E-state index is 12.0. The molecule has 1 amide bonds. The minimum Gasteiger partial charge on any atom is -0.376 e. The second kappa shape index (κ2) is 8.35. The summed E-state index contributed by atoms with van der Waals surface area (Å²) in [5, 5.41) is 14.9. The van der Waals surface area contributed by atoms with Gasteiger partial charge in [0.05, 0.1) is 6.10 Å². The van der Waals surface area contributed by atoms with Crippen LogP contribution in [0.2, 0.25) is 0 Å². The molecular formula is C18H23N3O2. The van der Waals surface area contributed by atoms with Gasteiger partial charge in [0, 0.05) is 25.0 Å². The minimum atomic E-state index is -0.380.